The fourth-order valence-electron chi connectivity index (χ4n) is 3.23. The third kappa shape index (κ3) is 3.84. The second-order valence-corrected chi connectivity index (χ2v) is 9.59. The number of thiazole rings is 1. The highest BCUT2D eigenvalue weighted by atomic mass is 32.2. The first-order valence-corrected chi connectivity index (χ1v) is 11.2. The summed E-state index contributed by atoms with van der Waals surface area (Å²) in [6.07, 6.45) is 3.84. The molecule has 7 heteroatoms. The lowest BCUT2D eigenvalue weighted by Crippen LogP contribution is -2.18. The second kappa shape index (κ2) is 7.32. The molecule has 2 aromatic carbocycles. The Bertz CT molecular complexity index is 1040. The van der Waals surface area contributed by atoms with Crippen molar-refractivity contribution in [3.63, 3.8) is 0 Å². The van der Waals surface area contributed by atoms with Crippen molar-refractivity contribution >= 4 is 32.7 Å². The van der Waals surface area contributed by atoms with Gasteiger partial charge in [-0.3, -0.25) is 4.72 Å². The molecular weight excluding hydrogens is 378 g/mol. The maximum absolute atomic E-state index is 12.8. The van der Waals surface area contributed by atoms with Gasteiger partial charge in [0.25, 0.3) is 10.0 Å². The summed E-state index contributed by atoms with van der Waals surface area (Å²) in [5.41, 5.74) is 3.58. The molecule has 1 aliphatic rings. The van der Waals surface area contributed by atoms with E-state index in [4.69, 9.17) is 0 Å². The zero-order valence-electron chi connectivity index (χ0n) is 15.1. The SMILES string of the molecule is Cc1cc(N2CCCC2)ccc1NS(=O)(=O)c1cnc(-c2ccccc2)s1. The average molecular weight is 400 g/mol. The van der Waals surface area contributed by atoms with Gasteiger partial charge in [0.15, 0.2) is 4.21 Å². The van der Waals surface area contributed by atoms with Gasteiger partial charge in [0.05, 0.1) is 11.9 Å². The number of anilines is 2. The van der Waals surface area contributed by atoms with Gasteiger partial charge in [-0.05, 0) is 43.5 Å². The number of hydrogen-bond donors (Lipinski definition) is 1. The Kier molecular flexibility index (Phi) is 4.88. The first kappa shape index (κ1) is 18.0. The number of benzene rings is 2. The molecule has 1 aromatic heterocycles. The van der Waals surface area contributed by atoms with E-state index < -0.39 is 10.0 Å². The zero-order chi connectivity index (χ0) is 18.9. The molecule has 2 heterocycles. The van der Waals surface area contributed by atoms with Crippen LogP contribution in [0.5, 0.6) is 0 Å². The summed E-state index contributed by atoms with van der Waals surface area (Å²) >= 11 is 1.17. The molecule has 1 aliphatic heterocycles. The number of hydrogen-bond acceptors (Lipinski definition) is 5. The van der Waals surface area contributed by atoms with Gasteiger partial charge in [-0.1, -0.05) is 30.3 Å². The minimum absolute atomic E-state index is 0.212. The monoisotopic (exact) mass is 399 g/mol. The summed E-state index contributed by atoms with van der Waals surface area (Å²) in [4.78, 5) is 6.61. The number of sulfonamides is 1. The maximum atomic E-state index is 12.8. The van der Waals surface area contributed by atoms with Gasteiger partial charge in [0.1, 0.15) is 5.01 Å². The van der Waals surface area contributed by atoms with Gasteiger partial charge in [0.2, 0.25) is 0 Å². The van der Waals surface area contributed by atoms with Crippen LogP contribution in [0.2, 0.25) is 0 Å². The van der Waals surface area contributed by atoms with Gasteiger partial charge in [-0.25, -0.2) is 13.4 Å². The molecule has 0 spiro atoms. The standard InChI is InChI=1S/C20H21N3O2S2/c1-15-13-17(23-11-5-6-12-23)9-10-18(15)22-27(24,25)19-14-21-20(26-19)16-7-3-2-4-8-16/h2-4,7-10,13-14,22H,5-6,11-12H2,1H3. The molecule has 4 rings (SSSR count). The topological polar surface area (TPSA) is 62.3 Å². The van der Waals surface area contributed by atoms with Crippen LogP contribution >= 0.6 is 11.3 Å². The highest BCUT2D eigenvalue weighted by Crippen LogP contribution is 2.31. The summed E-state index contributed by atoms with van der Waals surface area (Å²) < 4.78 is 28.5. The summed E-state index contributed by atoms with van der Waals surface area (Å²) in [6, 6.07) is 15.5. The van der Waals surface area contributed by atoms with Crippen LogP contribution in [0.4, 0.5) is 11.4 Å². The molecule has 0 aliphatic carbocycles. The van der Waals surface area contributed by atoms with E-state index in [0.29, 0.717) is 10.7 Å². The Morgan fingerprint density at radius 3 is 2.52 bits per heavy atom. The zero-order valence-corrected chi connectivity index (χ0v) is 16.7. The van der Waals surface area contributed by atoms with Crippen LogP contribution in [-0.2, 0) is 10.0 Å². The van der Waals surface area contributed by atoms with Crippen molar-refractivity contribution in [1.29, 1.82) is 0 Å². The molecule has 3 aromatic rings. The summed E-state index contributed by atoms with van der Waals surface area (Å²) in [7, 11) is -3.66. The third-order valence-corrected chi connectivity index (χ3v) is 7.57. The Hall–Kier alpha value is -2.38. The van der Waals surface area contributed by atoms with Gasteiger partial charge < -0.3 is 4.90 Å². The molecule has 1 fully saturated rings. The molecule has 5 nitrogen and oxygen atoms in total. The molecule has 0 bridgehead atoms. The van der Waals surface area contributed by atoms with Crippen LogP contribution in [-0.4, -0.2) is 26.5 Å². The van der Waals surface area contributed by atoms with Crippen LogP contribution < -0.4 is 9.62 Å². The first-order chi connectivity index (χ1) is 13.0. The fourth-order valence-corrected chi connectivity index (χ4v) is 5.49. The Labute approximate surface area is 163 Å². The van der Waals surface area contributed by atoms with Crippen molar-refractivity contribution in [1.82, 2.24) is 4.98 Å². The van der Waals surface area contributed by atoms with Crippen LogP contribution in [0.15, 0.2) is 58.9 Å². The summed E-state index contributed by atoms with van der Waals surface area (Å²) in [5, 5.41) is 0.692. The predicted octanol–water partition coefficient (Wildman–Crippen LogP) is 4.52. The van der Waals surface area contributed by atoms with Crippen LogP contribution in [0.3, 0.4) is 0 Å². The Balaban J connectivity index is 1.56. The van der Waals surface area contributed by atoms with Crippen molar-refractivity contribution in [2.24, 2.45) is 0 Å². The van der Waals surface area contributed by atoms with Gasteiger partial charge in [-0.2, -0.15) is 0 Å². The van der Waals surface area contributed by atoms with E-state index in [1.165, 1.54) is 30.4 Å². The molecule has 0 radical (unpaired) electrons. The second-order valence-electron chi connectivity index (χ2n) is 6.65. The average Bonchev–Trinajstić information content (AvgIpc) is 3.36. The van der Waals surface area contributed by atoms with E-state index in [9.17, 15) is 8.42 Å². The molecule has 0 atom stereocenters. The fraction of sp³-hybridized carbons (Fsp3) is 0.250. The van der Waals surface area contributed by atoms with Crippen molar-refractivity contribution in [2.75, 3.05) is 22.7 Å². The summed E-state index contributed by atoms with van der Waals surface area (Å²) in [5.74, 6) is 0. The highest BCUT2D eigenvalue weighted by Gasteiger charge is 2.20. The normalized spacial score (nSPS) is 14.5. The number of rotatable bonds is 5. The van der Waals surface area contributed by atoms with Crippen LogP contribution in [0, 0.1) is 6.92 Å². The Morgan fingerprint density at radius 1 is 1.07 bits per heavy atom. The lowest BCUT2D eigenvalue weighted by molar-refractivity contribution is 0.603. The molecule has 27 heavy (non-hydrogen) atoms. The van der Waals surface area contributed by atoms with E-state index in [1.54, 1.807) is 0 Å². The van der Waals surface area contributed by atoms with E-state index in [1.807, 2.05) is 55.5 Å². The van der Waals surface area contributed by atoms with Crippen molar-refractivity contribution in [3.05, 3.63) is 60.3 Å². The molecule has 0 unspecified atom stereocenters. The number of aryl methyl sites for hydroxylation is 1. The number of nitrogens with one attached hydrogen (secondary N) is 1. The first-order valence-electron chi connectivity index (χ1n) is 8.93. The van der Waals surface area contributed by atoms with E-state index in [0.717, 1.165) is 29.9 Å². The minimum Gasteiger partial charge on any atom is -0.372 e. The number of aromatic nitrogens is 1. The van der Waals surface area contributed by atoms with E-state index >= 15 is 0 Å². The molecule has 0 saturated carbocycles. The molecule has 1 saturated heterocycles. The van der Waals surface area contributed by atoms with Crippen molar-refractivity contribution < 1.29 is 8.42 Å². The molecule has 0 amide bonds. The van der Waals surface area contributed by atoms with Crippen LogP contribution in [0.1, 0.15) is 18.4 Å². The molecule has 1 N–H and O–H groups in total. The predicted molar refractivity (Wildman–Crippen MR) is 111 cm³/mol. The highest BCUT2D eigenvalue weighted by molar-refractivity contribution is 7.94. The smallest absolute Gasteiger partial charge is 0.273 e. The minimum atomic E-state index is -3.66. The molecule has 140 valence electrons. The van der Waals surface area contributed by atoms with E-state index in [-0.39, 0.29) is 4.21 Å². The van der Waals surface area contributed by atoms with Crippen molar-refractivity contribution in [3.8, 4) is 10.6 Å². The molecular formula is C20H21N3O2S2. The van der Waals surface area contributed by atoms with Gasteiger partial charge >= 0.3 is 0 Å². The Morgan fingerprint density at radius 2 is 1.81 bits per heavy atom. The van der Waals surface area contributed by atoms with Gasteiger partial charge in [0, 0.05) is 24.3 Å². The lowest BCUT2D eigenvalue weighted by Gasteiger charge is -2.19. The summed E-state index contributed by atoms with van der Waals surface area (Å²) in [6.45, 7) is 4.06. The maximum Gasteiger partial charge on any atom is 0.273 e. The third-order valence-electron chi connectivity index (χ3n) is 4.70. The van der Waals surface area contributed by atoms with Crippen LogP contribution in [0.25, 0.3) is 10.6 Å². The quantitative estimate of drug-likeness (QED) is 0.685. The van der Waals surface area contributed by atoms with Gasteiger partial charge in [-0.15, -0.1) is 11.3 Å². The van der Waals surface area contributed by atoms with Crippen molar-refractivity contribution in [2.45, 2.75) is 24.0 Å². The largest absolute Gasteiger partial charge is 0.372 e. The lowest BCUT2D eigenvalue weighted by atomic mass is 10.2. The number of nitrogens with zero attached hydrogens (tertiary/aromatic N) is 2. The van der Waals surface area contributed by atoms with E-state index in [2.05, 4.69) is 14.6 Å².